The largest absolute Gasteiger partial charge is 0.490 e. The van der Waals surface area contributed by atoms with Gasteiger partial charge in [-0.05, 0) is 85.3 Å². The first-order chi connectivity index (χ1) is 20.5. The van der Waals surface area contributed by atoms with Gasteiger partial charge >= 0.3 is 0 Å². The van der Waals surface area contributed by atoms with Crippen LogP contribution in [-0.4, -0.2) is 47.1 Å². The van der Waals surface area contributed by atoms with Gasteiger partial charge in [0.25, 0.3) is 0 Å². The summed E-state index contributed by atoms with van der Waals surface area (Å²) in [5, 5.41) is 21.1. The lowest BCUT2D eigenvalue weighted by Gasteiger charge is -2.29. The zero-order valence-electron chi connectivity index (χ0n) is 26.1. The van der Waals surface area contributed by atoms with Crippen molar-refractivity contribution in [2.75, 3.05) is 24.7 Å². The number of thioether (sulfide) groups is 2. The van der Waals surface area contributed by atoms with Crippen LogP contribution in [0, 0.1) is 27.7 Å². The SMILES string of the molecule is Cc1cc(C(C)(C)c2cc(C)c(OCC(O)CSc3ccccc3)c(C)c2)cc(C)c1OCC(O)CSc1ccccc1. The lowest BCUT2D eigenvalue weighted by atomic mass is 9.76. The number of aryl methyl sites for hydroxylation is 4. The molecule has 0 spiro atoms. The summed E-state index contributed by atoms with van der Waals surface area (Å²) in [4.78, 5) is 2.28. The van der Waals surface area contributed by atoms with Gasteiger partial charge in [-0.15, -0.1) is 23.5 Å². The number of aliphatic hydroxyl groups is 2. The number of aliphatic hydroxyl groups excluding tert-OH is 2. The fourth-order valence-electron chi connectivity index (χ4n) is 5.12. The molecule has 4 aromatic rings. The van der Waals surface area contributed by atoms with E-state index in [-0.39, 0.29) is 18.6 Å². The van der Waals surface area contributed by atoms with E-state index in [2.05, 4.69) is 90.1 Å². The van der Waals surface area contributed by atoms with Crippen molar-refractivity contribution in [3.8, 4) is 11.5 Å². The zero-order valence-corrected chi connectivity index (χ0v) is 27.7. The molecule has 228 valence electrons. The second-order valence-electron chi connectivity index (χ2n) is 11.7. The normalized spacial score (nSPS) is 13.0. The van der Waals surface area contributed by atoms with Crippen LogP contribution in [0.5, 0.6) is 11.5 Å². The van der Waals surface area contributed by atoms with Crippen LogP contribution in [0.4, 0.5) is 0 Å². The van der Waals surface area contributed by atoms with Crippen molar-refractivity contribution in [1.29, 1.82) is 0 Å². The summed E-state index contributed by atoms with van der Waals surface area (Å²) in [6.07, 6.45) is -1.12. The van der Waals surface area contributed by atoms with E-state index in [1.807, 2.05) is 36.4 Å². The zero-order chi connectivity index (χ0) is 31.0. The minimum atomic E-state index is -0.560. The van der Waals surface area contributed by atoms with Gasteiger partial charge < -0.3 is 19.7 Å². The summed E-state index contributed by atoms with van der Waals surface area (Å²) in [5.74, 6) is 2.83. The molecular formula is C37H44O4S2. The Morgan fingerprint density at radius 1 is 0.581 bits per heavy atom. The maximum absolute atomic E-state index is 10.5. The molecule has 0 fully saturated rings. The second-order valence-corrected chi connectivity index (χ2v) is 13.9. The van der Waals surface area contributed by atoms with E-state index in [9.17, 15) is 10.2 Å². The molecule has 4 aromatic carbocycles. The van der Waals surface area contributed by atoms with Gasteiger partial charge in [0, 0.05) is 26.7 Å². The van der Waals surface area contributed by atoms with Crippen LogP contribution in [0.2, 0.25) is 0 Å². The maximum atomic E-state index is 10.5. The molecule has 43 heavy (non-hydrogen) atoms. The molecule has 0 bridgehead atoms. The molecule has 4 rings (SSSR count). The van der Waals surface area contributed by atoms with Crippen LogP contribution in [0.15, 0.2) is 94.7 Å². The predicted molar refractivity (Wildman–Crippen MR) is 181 cm³/mol. The third-order valence-electron chi connectivity index (χ3n) is 7.58. The molecule has 4 nitrogen and oxygen atoms in total. The highest BCUT2D eigenvalue weighted by atomic mass is 32.2. The Balaban J connectivity index is 1.39. The Hall–Kier alpha value is -2.90. The monoisotopic (exact) mass is 616 g/mol. The number of benzene rings is 4. The number of rotatable bonds is 14. The van der Waals surface area contributed by atoms with E-state index < -0.39 is 12.2 Å². The fraction of sp³-hybridized carbons (Fsp3) is 0.351. The van der Waals surface area contributed by atoms with Crippen molar-refractivity contribution in [2.24, 2.45) is 0 Å². The Morgan fingerprint density at radius 3 is 1.23 bits per heavy atom. The molecule has 6 heteroatoms. The quantitative estimate of drug-likeness (QED) is 0.139. The van der Waals surface area contributed by atoms with Crippen molar-refractivity contribution in [1.82, 2.24) is 0 Å². The lowest BCUT2D eigenvalue weighted by Crippen LogP contribution is -2.23. The molecule has 0 amide bonds. The predicted octanol–water partition coefficient (Wildman–Crippen LogP) is 8.31. The van der Waals surface area contributed by atoms with E-state index in [1.54, 1.807) is 23.5 Å². The van der Waals surface area contributed by atoms with Crippen molar-refractivity contribution in [2.45, 2.75) is 69.0 Å². The van der Waals surface area contributed by atoms with Gasteiger partial charge in [-0.1, -0.05) is 74.5 Å². The summed E-state index contributed by atoms with van der Waals surface area (Å²) in [5.41, 5.74) is 6.39. The van der Waals surface area contributed by atoms with Gasteiger partial charge in [0.15, 0.2) is 0 Å². The van der Waals surface area contributed by atoms with Gasteiger partial charge in [0.05, 0.1) is 12.2 Å². The summed E-state index contributed by atoms with van der Waals surface area (Å²) in [7, 11) is 0. The van der Waals surface area contributed by atoms with E-state index in [0.717, 1.165) is 43.5 Å². The highest BCUT2D eigenvalue weighted by Crippen LogP contribution is 2.38. The minimum absolute atomic E-state index is 0.250. The first-order valence-corrected chi connectivity index (χ1v) is 16.7. The van der Waals surface area contributed by atoms with Crippen molar-refractivity contribution in [3.05, 3.63) is 118 Å². The van der Waals surface area contributed by atoms with Crippen LogP contribution < -0.4 is 9.47 Å². The first kappa shape index (κ1) is 33.0. The molecule has 2 unspecified atom stereocenters. The molecule has 0 saturated heterocycles. The van der Waals surface area contributed by atoms with Gasteiger partial charge in [0.2, 0.25) is 0 Å². The minimum Gasteiger partial charge on any atom is -0.490 e. The van der Waals surface area contributed by atoms with Crippen molar-refractivity contribution < 1.29 is 19.7 Å². The molecular weight excluding hydrogens is 573 g/mol. The Morgan fingerprint density at radius 2 is 0.907 bits per heavy atom. The molecule has 0 heterocycles. The number of hydrogen-bond acceptors (Lipinski definition) is 6. The lowest BCUT2D eigenvalue weighted by molar-refractivity contribution is 0.125. The average molecular weight is 617 g/mol. The Kier molecular flexibility index (Phi) is 11.7. The molecule has 2 N–H and O–H groups in total. The smallest absolute Gasteiger partial charge is 0.125 e. The number of ether oxygens (including phenoxy) is 2. The van der Waals surface area contributed by atoms with E-state index in [1.165, 1.54) is 11.1 Å². The van der Waals surface area contributed by atoms with Crippen LogP contribution in [0.3, 0.4) is 0 Å². The highest BCUT2D eigenvalue weighted by Gasteiger charge is 2.26. The third kappa shape index (κ3) is 9.05. The summed E-state index contributed by atoms with van der Waals surface area (Å²) < 4.78 is 12.3. The van der Waals surface area contributed by atoms with Gasteiger partial charge in [0.1, 0.15) is 24.7 Å². The van der Waals surface area contributed by atoms with Crippen molar-refractivity contribution in [3.63, 3.8) is 0 Å². The van der Waals surface area contributed by atoms with E-state index >= 15 is 0 Å². The highest BCUT2D eigenvalue weighted by molar-refractivity contribution is 7.99. The molecule has 2 atom stereocenters. The topological polar surface area (TPSA) is 58.9 Å². The maximum Gasteiger partial charge on any atom is 0.125 e. The second kappa shape index (κ2) is 15.2. The van der Waals surface area contributed by atoms with Gasteiger partial charge in [-0.2, -0.15) is 0 Å². The summed E-state index contributed by atoms with van der Waals surface area (Å²) in [6, 6.07) is 29.0. The molecule has 0 aliphatic rings. The first-order valence-electron chi connectivity index (χ1n) is 14.8. The molecule has 0 aliphatic heterocycles. The molecule has 0 saturated carbocycles. The number of hydrogen-bond donors (Lipinski definition) is 2. The fourth-order valence-corrected chi connectivity index (χ4v) is 6.78. The van der Waals surface area contributed by atoms with Gasteiger partial charge in [-0.25, -0.2) is 0 Å². The Bertz CT molecular complexity index is 1310. The molecule has 0 radical (unpaired) electrons. The standard InChI is InChI=1S/C37H44O4S2/c1-25-17-29(18-26(2)35(25)40-21-31(38)23-42-33-13-9-7-10-14-33)37(5,6)30-19-27(3)36(28(4)20-30)41-22-32(39)24-43-34-15-11-8-12-16-34/h7-20,31-32,38-39H,21-24H2,1-6H3. The van der Waals surface area contributed by atoms with E-state index in [4.69, 9.17) is 9.47 Å². The third-order valence-corrected chi connectivity index (χ3v) is 9.89. The van der Waals surface area contributed by atoms with E-state index in [0.29, 0.717) is 11.5 Å². The summed E-state index contributed by atoms with van der Waals surface area (Å²) in [6.45, 7) is 13.3. The van der Waals surface area contributed by atoms with Crippen molar-refractivity contribution >= 4 is 23.5 Å². The summed E-state index contributed by atoms with van der Waals surface area (Å²) >= 11 is 3.26. The van der Waals surface area contributed by atoms with Crippen LogP contribution in [-0.2, 0) is 5.41 Å². The van der Waals surface area contributed by atoms with Crippen LogP contribution in [0.25, 0.3) is 0 Å². The molecule has 0 aromatic heterocycles. The Labute approximate surface area is 265 Å². The van der Waals surface area contributed by atoms with Gasteiger partial charge in [-0.3, -0.25) is 0 Å². The van der Waals surface area contributed by atoms with Crippen LogP contribution >= 0.6 is 23.5 Å². The average Bonchev–Trinajstić information content (AvgIpc) is 2.99. The van der Waals surface area contributed by atoms with Crippen LogP contribution in [0.1, 0.15) is 47.2 Å². The molecule has 0 aliphatic carbocycles.